The molecule has 0 saturated carbocycles. The maximum Gasteiger partial charge on any atom is 0.135 e. The first kappa shape index (κ1) is 39.7. The highest BCUT2D eigenvalue weighted by atomic mass is 15.3. The van der Waals surface area contributed by atoms with Crippen molar-refractivity contribution in [1.29, 1.82) is 0 Å². The Hall–Kier alpha value is -1.11. The molecule has 0 atom stereocenters. The van der Waals surface area contributed by atoms with Crippen LogP contribution in [0.15, 0.2) is 0 Å². The molecule has 3 aliphatic heterocycles. The third-order valence-corrected chi connectivity index (χ3v) is 12.8. The molecule has 0 amide bonds. The number of hydrogen-bond donors (Lipinski definition) is 0. The van der Waals surface area contributed by atoms with Gasteiger partial charge in [0.15, 0.2) is 0 Å². The number of piperidine rings is 3. The fourth-order valence-electron chi connectivity index (χ4n) is 11.2. The molecule has 4 rings (SSSR count). The minimum Gasteiger partial charge on any atom is -0.293 e. The van der Waals surface area contributed by atoms with Crippen LogP contribution in [0.1, 0.15) is 216 Å². The van der Waals surface area contributed by atoms with Crippen LogP contribution in [0.4, 0.5) is 0 Å². The van der Waals surface area contributed by atoms with E-state index >= 15 is 0 Å². The lowest BCUT2D eigenvalue weighted by Crippen LogP contribution is -2.61. The van der Waals surface area contributed by atoms with Gasteiger partial charge < -0.3 is 0 Å². The second-order valence-corrected chi connectivity index (χ2v) is 20.1. The molecule has 6 nitrogen and oxygen atoms in total. The van der Waals surface area contributed by atoms with Gasteiger partial charge >= 0.3 is 0 Å². The van der Waals surface area contributed by atoms with Crippen LogP contribution < -0.4 is 0 Å². The van der Waals surface area contributed by atoms with Crippen LogP contribution in [0.5, 0.6) is 0 Å². The van der Waals surface area contributed by atoms with Crippen molar-refractivity contribution in [2.24, 2.45) is 0 Å². The Kier molecular flexibility index (Phi) is 12.0. The second-order valence-electron chi connectivity index (χ2n) is 20.1. The Morgan fingerprint density at radius 3 is 0.750 bits per heavy atom. The summed E-state index contributed by atoms with van der Waals surface area (Å²) in [5.74, 6) is 4.26. The van der Waals surface area contributed by atoms with E-state index in [1.165, 1.54) is 58.2 Å². The zero-order valence-electron chi connectivity index (χ0n) is 34.5. The van der Waals surface area contributed by atoms with Gasteiger partial charge in [0.05, 0.1) is 0 Å². The molecule has 0 N–H and O–H groups in total. The third-order valence-electron chi connectivity index (χ3n) is 12.8. The van der Waals surface area contributed by atoms with E-state index in [-0.39, 0.29) is 33.2 Å². The lowest BCUT2D eigenvalue weighted by atomic mass is 9.71. The Bertz CT molecular complexity index is 999. The minimum atomic E-state index is 0.0950. The molecule has 4 heterocycles. The van der Waals surface area contributed by atoms with E-state index in [1.807, 2.05) is 0 Å². The molecule has 0 radical (unpaired) electrons. The number of aromatic nitrogens is 3. The summed E-state index contributed by atoms with van der Waals surface area (Å²) in [6.07, 6.45) is 14.1. The van der Waals surface area contributed by atoms with Crippen LogP contribution in [0.3, 0.4) is 0 Å². The molecule has 0 aliphatic carbocycles. The Balaban J connectivity index is 1.78. The fourth-order valence-corrected chi connectivity index (χ4v) is 11.2. The van der Waals surface area contributed by atoms with Gasteiger partial charge in [-0.25, -0.2) is 15.0 Å². The van der Waals surface area contributed by atoms with Gasteiger partial charge in [0.25, 0.3) is 0 Å². The Morgan fingerprint density at radius 1 is 0.396 bits per heavy atom. The van der Waals surface area contributed by atoms with Crippen LogP contribution in [0.25, 0.3) is 0 Å². The van der Waals surface area contributed by atoms with E-state index < -0.39 is 0 Å². The highest BCUT2D eigenvalue weighted by Crippen LogP contribution is 2.49. The molecular weight excluding hydrogens is 589 g/mol. The number of nitrogens with zero attached hydrogens (tertiary/aromatic N) is 6. The quantitative estimate of drug-likeness (QED) is 0.221. The van der Waals surface area contributed by atoms with E-state index in [0.717, 1.165) is 56.0 Å². The van der Waals surface area contributed by atoms with Crippen molar-refractivity contribution in [2.45, 2.75) is 232 Å². The maximum atomic E-state index is 5.57. The van der Waals surface area contributed by atoms with Gasteiger partial charge in [-0.2, -0.15) is 0 Å². The molecule has 0 spiro atoms. The summed E-state index contributed by atoms with van der Waals surface area (Å²) in [6.45, 7) is 40.0. The minimum absolute atomic E-state index is 0.0950. The topological polar surface area (TPSA) is 48.4 Å². The first-order chi connectivity index (χ1) is 22.1. The van der Waals surface area contributed by atoms with Gasteiger partial charge in [0.1, 0.15) is 17.5 Å². The normalized spacial score (nSPS) is 26.6. The van der Waals surface area contributed by atoms with E-state index in [1.54, 1.807) is 0 Å². The SMILES string of the molecule is CCCCN1C(C)(C)CC(c2nc(C3CC(C)(C)N(CCCC)C(C)(C)C3)nc(C3CC(C)(C)N(CCCC)C(C)(C)C3)n2)CC1(C)C. The zero-order chi connectivity index (χ0) is 35.9. The summed E-state index contributed by atoms with van der Waals surface area (Å²) in [6, 6.07) is 0. The molecule has 1 aromatic heterocycles. The average molecular weight is 667 g/mol. The van der Waals surface area contributed by atoms with Crippen LogP contribution in [0.2, 0.25) is 0 Å². The lowest BCUT2D eigenvalue weighted by molar-refractivity contribution is -0.0412. The van der Waals surface area contributed by atoms with Gasteiger partial charge in [-0.15, -0.1) is 0 Å². The number of likely N-dealkylation sites (tertiary alicyclic amines) is 3. The van der Waals surface area contributed by atoms with Gasteiger partial charge in [0, 0.05) is 51.0 Å². The molecule has 48 heavy (non-hydrogen) atoms. The summed E-state index contributed by atoms with van der Waals surface area (Å²) in [5.41, 5.74) is 0.570. The van der Waals surface area contributed by atoms with Crippen molar-refractivity contribution in [3.8, 4) is 0 Å². The number of rotatable bonds is 12. The van der Waals surface area contributed by atoms with E-state index in [9.17, 15) is 0 Å². The maximum absolute atomic E-state index is 5.57. The lowest BCUT2D eigenvalue weighted by Gasteiger charge is -2.56. The summed E-state index contributed by atoms with van der Waals surface area (Å²) >= 11 is 0. The van der Waals surface area contributed by atoms with Gasteiger partial charge in [-0.1, -0.05) is 40.0 Å². The van der Waals surface area contributed by atoms with Crippen LogP contribution in [0, 0.1) is 0 Å². The van der Waals surface area contributed by atoms with Crippen molar-refractivity contribution in [3.63, 3.8) is 0 Å². The van der Waals surface area contributed by atoms with Crippen molar-refractivity contribution in [3.05, 3.63) is 17.5 Å². The van der Waals surface area contributed by atoms with Crippen molar-refractivity contribution in [2.75, 3.05) is 19.6 Å². The van der Waals surface area contributed by atoms with Gasteiger partial charge in [-0.05, 0) is 161 Å². The van der Waals surface area contributed by atoms with Gasteiger partial charge in [0.2, 0.25) is 0 Å². The monoisotopic (exact) mass is 667 g/mol. The number of unbranched alkanes of at least 4 members (excludes halogenated alkanes) is 3. The fraction of sp³-hybridized carbons (Fsp3) is 0.929. The summed E-state index contributed by atoms with van der Waals surface area (Å²) in [5, 5.41) is 0. The van der Waals surface area contributed by atoms with Crippen molar-refractivity contribution in [1.82, 2.24) is 29.7 Å². The third kappa shape index (κ3) is 8.50. The Labute approximate surface area is 298 Å². The average Bonchev–Trinajstić information content (AvgIpc) is 2.93. The molecule has 0 unspecified atom stereocenters. The highest BCUT2D eigenvalue weighted by molar-refractivity contribution is 5.19. The molecule has 3 fully saturated rings. The van der Waals surface area contributed by atoms with Crippen molar-refractivity contribution < 1.29 is 0 Å². The van der Waals surface area contributed by atoms with Crippen LogP contribution in [-0.4, -0.2) is 82.5 Å². The molecule has 0 bridgehead atoms. The molecule has 3 saturated heterocycles. The second kappa shape index (κ2) is 14.5. The smallest absolute Gasteiger partial charge is 0.135 e. The highest BCUT2D eigenvalue weighted by Gasteiger charge is 2.50. The summed E-state index contributed by atoms with van der Waals surface area (Å²) < 4.78 is 0. The standard InChI is InChI=1S/C42H78N6/c1-16-19-22-46-37(4,5)25-31(26-38(46,6)7)34-43-35(32-27-39(8,9)47(23-20-17-2)40(10,11)28-32)45-36(44-34)33-29-41(12,13)48(24-21-18-3)42(14,15)30-33/h31-33H,16-30H2,1-15H3. The molecule has 276 valence electrons. The van der Waals surface area contributed by atoms with Crippen molar-refractivity contribution >= 4 is 0 Å². The molecule has 1 aromatic rings. The van der Waals surface area contributed by atoms with E-state index in [4.69, 9.17) is 15.0 Å². The van der Waals surface area contributed by atoms with Crippen LogP contribution in [-0.2, 0) is 0 Å². The van der Waals surface area contributed by atoms with Crippen LogP contribution >= 0.6 is 0 Å². The first-order valence-electron chi connectivity index (χ1n) is 20.2. The predicted octanol–water partition coefficient (Wildman–Crippen LogP) is 10.5. The predicted molar refractivity (Wildman–Crippen MR) is 205 cm³/mol. The van der Waals surface area contributed by atoms with Gasteiger partial charge in [-0.3, -0.25) is 14.7 Å². The molecule has 3 aliphatic rings. The molecule has 6 heteroatoms. The largest absolute Gasteiger partial charge is 0.293 e. The summed E-state index contributed by atoms with van der Waals surface area (Å²) in [4.78, 5) is 25.1. The van der Waals surface area contributed by atoms with E-state index in [0.29, 0.717) is 17.8 Å². The summed E-state index contributed by atoms with van der Waals surface area (Å²) in [7, 11) is 0. The van der Waals surface area contributed by atoms with E-state index in [2.05, 4.69) is 119 Å². The molecular formula is C42H78N6. The zero-order valence-corrected chi connectivity index (χ0v) is 34.5. The number of hydrogen-bond acceptors (Lipinski definition) is 6. The molecule has 0 aromatic carbocycles. The first-order valence-corrected chi connectivity index (χ1v) is 20.2. The Morgan fingerprint density at radius 2 is 0.583 bits per heavy atom.